The van der Waals surface area contributed by atoms with Crippen molar-refractivity contribution < 1.29 is 19.2 Å². The molecule has 15 nitrogen and oxygen atoms in total. The normalized spacial score (nSPS) is 21.7. The van der Waals surface area contributed by atoms with Crippen LogP contribution < -0.4 is 20.7 Å². The Balaban J connectivity index is 0.647. The van der Waals surface area contributed by atoms with E-state index in [2.05, 4.69) is 42.0 Å². The molecule has 3 aromatic heterocycles. The highest BCUT2D eigenvalue weighted by Crippen LogP contribution is 2.40. The summed E-state index contributed by atoms with van der Waals surface area (Å²) in [5.74, 6) is 0.998. The zero-order chi connectivity index (χ0) is 46.3. The van der Waals surface area contributed by atoms with Gasteiger partial charge in [-0.3, -0.25) is 43.7 Å². The molecule has 0 radical (unpaired) electrons. The summed E-state index contributed by atoms with van der Waals surface area (Å²) < 4.78 is 1.77. The number of piperazine rings is 1. The van der Waals surface area contributed by atoms with Gasteiger partial charge >= 0.3 is 0 Å². The summed E-state index contributed by atoms with van der Waals surface area (Å²) in [4.78, 5) is 89.7. The van der Waals surface area contributed by atoms with E-state index in [4.69, 9.17) is 21.6 Å². The number of rotatable bonds is 12. The zero-order valence-electron chi connectivity index (χ0n) is 39.0. The quantitative estimate of drug-likeness (QED) is 0.132. The molecule has 1 unspecified atom stereocenters. The van der Waals surface area contributed by atoms with Crippen molar-refractivity contribution >= 4 is 57.5 Å². The average molecular weight is 932 g/mol. The zero-order valence-corrected chi connectivity index (χ0v) is 39.7. The fraction of sp³-hybridized carbons (Fsp3) is 0.569. The minimum absolute atomic E-state index is 0.0495. The smallest absolute Gasteiger partial charge is 0.263 e. The van der Waals surface area contributed by atoms with E-state index in [0.29, 0.717) is 52.9 Å². The van der Waals surface area contributed by atoms with Crippen LogP contribution in [-0.4, -0.2) is 129 Å². The van der Waals surface area contributed by atoms with Gasteiger partial charge in [-0.1, -0.05) is 24.4 Å². The number of anilines is 2. The molecular formula is C51H63ClN10O5. The third-order valence-electron chi connectivity index (χ3n) is 15.9. The number of fused-ring (bicyclic) bond motifs is 2. The minimum atomic E-state index is -0.646. The predicted octanol–water partition coefficient (Wildman–Crippen LogP) is 5.96. The fourth-order valence-electron chi connectivity index (χ4n) is 11.9. The van der Waals surface area contributed by atoms with Gasteiger partial charge in [0.05, 0.1) is 34.6 Å². The topological polar surface area (TPSA) is 157 Å². The molecule has 1 saturated carbocycles. The van der Waals surface area contributed by atoms with Crippen LogP contribution in [0.5, 0.6) is 0 Å². The van der Waals surface area contributed by atoms with Gasteiger partial charge in [0.15, 0.2) is 5.78 Å². The Labute approximate surface area is 397 Å². The molecule has 5 aliphatic heterocycles. The first kappa shape index (κ1) is 45.5. The van der Waals surface area contributed by atoms with E-state index in [9.17, 15) is 24.0 Å². The second-order valence-corrected chi connectivity index (χ2v) is 20.4. The molecule has 1 aliphatic carbocycles. The molecule has 1 atom stereocenters. The average Bonchev–Trinajstić information content (AvgIpc) is 3.98. The van der Waals surface area contributed by atoms with Crippen LogP contribution in [0.1, 0.15) is 127 Å². The van der Waals surface area contributed by atoms with Crippen molar-refractivity contribution in [1.29, 1.82) is 0 Å². The molecule has 3 amide bonds. The fourth-order valence-corrected chi connectivity index (χ4v) is 12.3. The molecule has 0 spiro atoms. The van der Waals surface area contributed by atoms with Gasteiger partial charge in [-0.2, -0.15) is 0 Å². The lowest BCUT2D eigenvalue weighted by atomic mass is 9.82. The van der Waals surface area contributed by atoms with Crippen molar-refractivity contribution in [1.82, 2.24) is 39.5 Å². The molecule has 8 heterocycles. The molecule has 4 saturated heterocycles. The minimum Gasteiger partial charge on any atom is -0.370 e. The third-order valence-corrected chi connectivity index (χ3v) is 16.3. The number of hydrogen-bond acceptors (Lipinski definition) is 12. The van der Waals surface area contributed by atoms with Gasteiger partial charge in [0.25, 0.3) is 11.5 Å². The van der Waals surface area contributed by atoms with Crippen molar-refractivity contribution in [3.05, 3.63) is 85.8 Å². The first-order valence-electron chi connectivity index (χ1n) is 24.8. The summed E-state index contributed by atoms with van der Waals surface area (Å²) in [6.45, 7) is 14.0. The lowest BCUT2D eigenvalue weighted by Crippen LogP contribution is -2.52. The van der Waals surface area contributed by atoms with Crippen molar-refractivity contribution in [2.45, 2.75) is 110 Å². The number of nitrogens with zero attached hydrogens (tertiary/aromatic N) is 9. The number of likely N-dealkylation sites (tertiary alicyclic amines) is 1. The number of hydrogen-bond donors (Lipinski definition) is 1. The molecule has 5 fully saturated rings. The van der Waals surface area contributed by atoms with Gasteiger partial charge in [-0.25, -0.2) is 9.97 Å². The Morgan fingerprint density at radius 2 is 1.49 bits per heavy atom. The Morgan fingerprint density at radius 1 is 0.791 bits per heavy atom. The number of carbonyl (C=O) groups excluding carboxylic acids is 4. The monoisotopic (exact) mass is 930 g/mol. The number of imide groups is 1. The van der Waals surface area contributed by atoms with Crippen LogP contribution in [0.3, 0.4) is 0 Å². The number of piperidine rings is 3. The number of amides is 3. The van der Waals surface area contributed by atoms with Gasteiger partial charge < -0.3 is 19.6 Å². The van der Waals surface area contributed by atoms with Gasteiger partial charge in [0, 0.05) is 99.8 Å². The number of carbonyl (C=O) groups is 4. The highest BCUT2D eigenvalue weighted by molar-refractivity contribution is 6.35. The molecular weight excluding hydrogens is 868 g/mol. The number of benzene rings is 1. The summed E-state index contributed by atoms with van der Waals surface area (Å²) in [5.41, 5.74) is 5.62. The van der Waals surface area contributed by atoms with Gasteiger partial charge in [-0.05, 0) is 120 Å². The number of Topliss-reactive ketones (excluding diaryl/α,β-unsaturated/α-hetero) is 1. The number of aryl methyl sites for hydroxylation is 1. The second kappa shape index (κ2) is 19.4. The molecule has 6 aliphatic rings. The third kappa shape index (κ3) is 9.35. The van der Waals surface area contributed by atoms with Gasteiger partial charge in [0.1, 0.15) is 17.5 Å². The lowest BCUT2D eigenvalue weighted by Gasteiger charge is -2.39. The number of aromatic nitrogens is 4. The second-order valence-electron chi connectivity index (χ2n) is 20.0. The van der Waals surface area contributed by atoms with Crippen molar-refractivity contribution in [3.8, 4) is 0 Å². The van der Waals surface area contributed by atoms with Crippen LogP contribution in [0.2, 0.25) is 5.02 Å². The molecule has 67 heavy (non-hydrogen) atoms. The number of pyridine rings is 2. The van der Waals surface area contributed by atoms with Crippen LogP contribution >= 0.6 is 11.6 Å². The summed E-state index contributed by atoms with van der Waals surface area (Å²) in [6, 6.07) is 7.45. The van der Waals surface area contributed by atoms with E-state index in [1.165, 1.54) is 39.3 Å². The summed E-state index contributed by atoms with van der Waals surface area (Å²) in [6.07, 6.45) is 14.8. The molecule has 0 bridgehead atoms. The first-order chi connectivity index (χ1) is 32.5. The Bertz CT molecular complexity index is 2610. The summed E-state index contributed by atoms with van der Waals surface area (Å²) in [7, 11) is 0. The first-order valence-corrected chi connectivity index (χ1v) is 25.1. The van der Waals surface area contributed by atoms with E-state index in [0.717, 1.165) is 125 Å². The van der Waals surface area contributed by atoms with Crippen molar-refractivity contribution in [2.24, 2.45) is 11.8 Å². The molecule has 4 aromatic rings. The van der Waals surface area contributed by atoms with Crippen molar-refractivity contribution in [3.63, 3.8) is 0 Å². The van der Waals surface area contributed by atoms with E-state index in [1.807, 2.05) is 25.3 Å². The highest BCUT2D eigenvalue weighted by atomic mass is 35.5. The van der Waals surface area contributed by atoms with Crippen LogP contribution in [0, 0.1) is 18.8 Å². The number of nitrogens with one attached hydrogen (secondary N) is 1. The molecule has 354 valence electrons. The molecule has 1 N–H and O–H groups in total. The van der Waals surface area contributed by atoms with E-state index in [1.54, 1.807) is 15.7 Å². The van der Waals surface area contributed by atoms with Gasteiger partial charge in [0.2, 0.25) is 11.8 Å². The van der Waals surface area contributed by atoms with E-state index in [-0.39, 0.29) is 41.2 Å². The summed E-state index contributed by atoms with van der Waals surface area (Å²) in [5, 5.41) is 3.75. The van der Waals surface area contributed by atoms with Crippen LogP contribution in [-0.2, 0) is 22.6 Å². The number of ketones is 1. The van der Waals surface area contributed by atoms with Crippen LogP contribution in [0.4, 0.5) is 11.4 Å². The van der Waals surface area contributed by atoms with Crippen molar-refractivity contribution in [2.75, 3.05) is 75.2 Å². The maximum Gasteiger partial charge on any atom is 0.263 e. The number of halogens is 1. The van der Waals surface area contributed by atoms with E-state index < -0.39 is 11.9 Å². The highest BCUT2D eigenvalue weighted by Gasteiger charge is 2.41. The lowest BCUT2D eigenvalue weighted by molar-refractivity contribution is -0.136. The van der Waals surface area contributed by atoms with Gasteiger partial charge in [-0.15, -0.1) is 0 Å². The molecule has 1 aromatic carbocycles. The maximum atomic E-state index is 13.6. The van der Waals surface area contributed by atoms with Crippen LogP contribution in [0.15, 0.2) is 41.5 Å². The Morgan fingerprint density at radius 3 is 2.16 bits per heavy atom. The Hall–Kier alpha value is -5.25. The Kier molecular flexibility index (Phi) is 13.2. The summed E-state index contributed by atoms with van der Waals surface area (Å²) >= 11 is 6.99. The largest absolute Gasteiger partial charge is 0.370 e. The SMILES string of the molecule is CC(=O)c1c(C)c2cnc(Cc3ccc(N4CCN(CCN5CCC(CC6CCN(c7ccc8c(c7Cl)CN(C7CCC(=O)NC7=O)C8=O)CC6)CC5)CC4)cn3)nc2n(C2CCCC2)c1=O. The molecule has 16 heteroatoms. The molecule has 10 rings (SSSR count). The predicted molar refractivity (Wildman–Crippen MR) is 258 cm³/mol. The van der Waals surface area contributed by atoms with E-state index >= 15 is 0 Å². The maximum absolute atomic E-state index is 13.6. The standard InChI is InChI=1S/C51H63ClN10O5/c1-32-40-30-54-44(55-48(40)62(37-5-3-4-6-37)51(67)46(32)33(2)63)28-36-7-8-38(29-53-36)59-25-23-58(24-26-59)22-21-57-17-13-34(14-18-57)27-35-15-19-60(20-16-35)42-10-9-39-41(47(42)52)31-61(50(39)66)43-11-12-45(64)56-49(43)65/h7-10,29-30,34-35,37,43H,3-6,11-28,31H2,1-2H3,(H,56,64,65). The van der Waals surface area contributed by atoms with Crippen LogP contribution in [0.25, 0.3) is 11.0 Å².